The fourth-order valence-electron chi connectivity index (χ4n) is 3.22. The molecule has 26 heavy (non-hydrogen) atoms. The first-order valence-electron chi connectivity index (χ1n) is 9.50. The SMILES string of the molecule is CC(c1ccc(C#CC2CC2)cc1)n1nc(CC2CCCCO2)oc1=O. The molecule has 0 N–H and O–H groups in total. The molecule has 1 aliphatic heterocycles. The van der Waals surface area contributed by atoms with Gasteiger partial charge in [0.2, 0.25) is 5.89 Å². The van der Waals surface area contributed by atoms with Gasteiger partial charge < -0.3 is 9.15 Å². The number of ether oxygens (including phenoxy) is 1. The van der Waals surface area contributed by atoms with Crippen molar-refractivity contribution in [1.29, 1.82) is 0 Å². The summed E-state index contributed by atoms with van der Waals surface area (Å²) in [6.45, 7) is 2.73. The highest BCUT2D eigenvalue weighted by atomic mass is 16.5. The van der Waals surface area contributed by atoms with Crippen LogP contribution in [0.4, 0.5) is 0 Å². The Bertz CT molecular complexity index is 859. The summed E-state index contributed by atoms with van der Waals surface area (Å²) in [5.74, 6) is 7.10. The molecule has 2 aliphatic rings. The number of hydrogen-bond donors (Lipinski definition) is 0. The van der Waals surface area contributed by atoms with Gasteiger partial charge in [-0.2, -0.15) is 4.68 Å². The lowest BCUT2D eigenvalue weighted by molar-refractivity contribution is 0.0130. The van der Waals surface area contributed by atoms with Crippen LogP contribution in [0.5, 0.6) is 0 Å². The van der Waals surface area contributed by atoms with Crippen molar-refractivity contribution >= 4 is 0 Å². The number of nitrogens with zero attached hydrogens (tertiary/aromatic N) is 2. The minimum absolute atomic E-state index is 0.106. The number of hydrogen-bond acceptors (Lipinski definition) is 4. The van der Waals surface area contributed by atoms with E-state index >= 15 is 0 Å². The minimum Gasteiger partial charge on any atom is -0.392 e. The summed E-state index contributed by atoms with van der Waals surface area (Å²) in [5, 5.41) is 4.40. The highest BCUT2D eigenvalue weighted by molar-refractivity contribution is 5.37. The molecule has 1 saturated carbocycles. The van der Waals surface area contributed by atoms with Crippen LogP contribution in [-0.4, -0.2) is 22.5 Å². The predicted octanol–water partition coefficient (Wildman–Crippen LogP) is 3.32. The standard InChI is InChI=1S/C21H24N2O3/c1-15(18-11-9-17(10-12-18)8-7-16-5-6-16)23-21(24)26-20(22-23)14-19-4-2-3-13-25-19/h9-12,15-16,19H,2-6,13-14H2,1H3. The van der Waals surface area contributed by atoms with Gasteiger partial charge in [0, 0.05) is 18.1 Å². The van der Waals surface area contributed by atoms with Crippen LogP contribution >= 0.6 is 0 Å². The van der Waals surface area contributed by atoms with Crippen LogP contribution in [0.1, 0.15) is 62.1 Å². The lowest BCUT2D eigenvalue weighted by Gasteiger charge is -2.20. The van der Waals surface area contributed by atoms with E-state index in [0.717, 1.165) is 37.0 Å². The average molecular weight is 352 g/mol. The highest BCUT2D eigenvalue weighted by Gasteiger charge is 2.21. The summed E-state index contributed by atoms with van der Waals surface area (Å²) in [7, 11) is 0. The maximum absolute atomic E-state index is 12.2. The zero-order valence-corrected chi connectivity index (χ0v) is 15.1. The third-order valence-corrected chi connectivity index (χ3v) is 5.05. The molecule has 2 unspecified atom stereocenters. The van der Waals surface area contributed by atoms with Gasteiger partial charge in [-0.1, -0.05) is 24.0 Å². The van der Waals surface area contributed by atoms with Gasteiger partial charge in [0.1, 0.15) is 0 Å². The number of rotatable bonds is 4. The normalized spacial score (nSPS) is 21.0. The minimum atomic E-state index is -0.416. The van der Waals surface area contributed by atoms with Gasteiger partial charge in [-0.15, -0.1) is 5.10 Å². The fourth-order valence-corrected chi connectivity index (χ4v) is 3.22. The molecule has 1 saturated heterocycles. The van der Waals surface area contributed by atoms with Gasteiger partial charge in [0.05, 0.1) is 18.6 Å². The zero-order chi connectivity index (χ0) is 17.9. The van der Waals surface area contributed by atoms with Crippen molar-refractivity contribution in [1.82, 2.24) is 9.78 Å². The Morgan fingerprint density at radius 3 is 2.73 bits per heavy atom. The second kappa shape index (κ2) is 7.51. The van der Waals surface area contributed by atoms with Crippen molar-refractivity contribution in [2.45, 2.75) is 57.6 Å². The van der Waals surface area contributed by atoms with Crippen LogP contribution in [0.25, 0.3) is 0 Å². The summed E-state index contributed by atoms with van der Waals surface area (Å²) in [6, 6.07) is 7.84. The van der Waals surface area contributed by atoms with E-state index in [4.69, 9.17) is 9.15 Å². The Morgan fingerprint density at radius 2 is 2.04 bits per heavy atom. The summed E-state index contributed by atoms with van der Waals surface area (Å²) in [5.41, 5.74) is 2.02. The van der Waals surface area contributed by atoms with Crippen LogP contribution in [0.3, 0.4) is 0 Å². The number of benzene rings is 1. The molecule has 0 radical (unpaired) electrons. The molecule has 4 rings (SSSR count). The molecule has 2 atom stereocenters. The molecule has 2 fully saturated rings. The van der Waals surface area contributed by atoms with E-state index in [0.29, 0.717) is 18.2 Å². The molecule has 0 amide bonds. The largest absolute Gasteiger partial charge is 0.437 e. The van der Waals surface area contributed by atoms with Crippen LogP contribution in [0, 0.1) is 17.8 Å². The molecular weight excluding hydrogens is 328 g/mol. The molecule has 5 heteroatoms. The molecule has 2 aromatic rings. The molecule has 5 nitrogen and oxygen atoms in total. The zero-order valence-electron chi connectivity index (χ0n) is 15.1. The topological polar surface area (TPSA) is 57.3 Å². The lowest BCUT2D eigenvalue weighted by Crippen LogP contribution is -2.22. The Hall–Kier alpha value is -2.32. The molecule has 2 heterocycles. The number of aromatic nitrogens is 2. The monoisotopic (exact) mass is 352 g/mol. The Balaban J connectivity index is 1.46. The van der Waals surface area contributed by atoms with E-state index in [-0.39, 0.29) is 12.1 Å². The summed E-state index contributed by atoms with van der Waals surface area (Å²) >= 11 is 0. The van der Waals surface area contributed by atoms with Crippen molar-refractivity contribution in [3.63, 3.8) is 0 Å². The van der Waals surface area contributed by atoms with Gasteiger partial charge in [-0.25, -0.2) is 4.79 Å². The first kappa shape index (κ1) is 17.1. The first-order valence-corrected chi connectivity index (χ1v) is 9.50. The van der Waals surface area contributed by atoms with E-state index in [9.17, 15) is 4.79 Å². The predicted molar refractivity (Wildman–Crippen MR) is 97.9 cm³/mol. The van der Waals surface area contributed by atoms with Gasteiger partial charge >= 0.3 is 5.76 Å². The van der Waals surface area contributed by atoms with Crippen LogP contribution in [0.2, 0.25) is 0 Å². The smallest absolute Gasteiger partial charge is 0.392 e. The lowest BCUT2D eigenvalue weighted by atomic mass is 10.1. The second-order valence-electron chi connectivity index (χ2n) is 7.24. The van der Waals surface area contributed by atoms with Crippen molar-refractivity contribution in [3.05, 3.63) is 51.8 Å². The van der Waals surface area contributed by atoms with Crippen molar-refractivity contribution in [2.24, 2.45) is 5.92 Å². The van der Waals surface area contributed by atoms with Crippen LogP contribution in [0.15, 0.2) is 33.5 Å². The highest BCUT2D eigenvalue weighted by Crippen LogP contribution is 2.27. The Labute approximate surface area is 153 Å². The third-order valence-electron chi connectivity index (χ3n) is 5.05. The van der Waals surface area contributed by atoms with E-state index in [1.807, 2.05) is 31.2 Å². The van der Waals surface area contributed by atoms with E-state index < -0.39 is 5.76 Å². The first-order chi connectivity index (χ1) is 12.7. The molecule has 1 aromatic carbocycles. The Morgan fingerprint density at radius 1 is 1.23 bits per heavy atom. The average Bonchev–Trinajstić information content (AvgIpc) is 3.43. The molecule has 0 spiro atoms. The fraction of sp³-hybridized carbons (Fsp3) is 0.524. The van der Waals surface area contributed by atoms with Gasteiger partial charge in [-0.05, 0) is 56.7 Å². The van der Waals surface area contributed by atoms with E-state index in [1.165, 1.54) is 17.5 Å². The van der Waals surface area contributed by atoms with Gasteiger partial charge in [0.25, 0.3) is 0 Å². The van der Waals surface area contributed by atoms with Crippen LogP contribution < -0.4 is 5.76 Å². The molecule has 0 bridgehead atoms. The van der Waals surface area contributed by atoms with Gasteiger partial charge in [-0.3, -0.25) is 0 Å². The molecular formula is C21H24N2O3. The van der Waals surface area contributed by atoms with Crippen molar-refractivity contribution < 1.29 is 9.15 Å². The quantitative estimate of drug-likeness (QED) is 0.792. The second-order valence-corrected chi connectivity index (χ2v) is 7.24. The molecule has 1 aromatic heterocycles. The van der Waals surface area contributed by atoms with E-state index in [1.54, 1.807) is 0 Å². The van der Waals surface area contributed by atoms with Crippen LogP contribution in [-0.2, 0) is 11.2 Å². The van der Waals surface area contributed by atoms with Gasteiger partial charge in [0.15, 0.2) is 0 Å². The summed E-state index contributed by atoms with van der Waals surface area (Å²) in [4.78, 5) is 12.2. The van der Waals surface area contributed by atoms with Crippen molar-refractivity contribution in [3.8, 4) is 11.8 Å². The summed E-state index contributed by atoms with van der Waals surface area (Å²) < 4.78 is 12.5. The third kappa shape index (κ3) is 4.08. The molecule has 1 aliphatic carbocycles. The maximum Gasteiger partial charge on any atom is 0.437 e. The van der Waals surface area contributed by atoms with Crippen molar-refractivity contribution in [2.75, 3.05) is 6.61 Å². The summed E-state index contributed by atoms with van der Waals surface area (Å²) in [6.07, 6.45) is 6.38. The maximum atomic E-state index is 12.2. The van der Waals surface area contributed by atoms with E-state index in [2.05, 4.69) is 16.9 Å². The molecule has 136 valence electrons. The Kier molecular flexibility index (Phi) is 4.94.